The van der Waals surface area contributed by atoms with Crippen molar-refractivity contribution in [3.8, 4) is 16.9 Å². The van der Waals surface area contributed by atoms with Crippen LogP contribution in [0.3, 0.4) is 0 Å². The van der Waals surface area contributed by atoms with Crippen molar-refractivity contribution in [1.82, 2.24) is 4.90 Å². The largest absolute Gasteiger partial charge is 0.497 e. The quantitative estimate of drug-likeness (QED) is 0.808. The van der Waals surface area contributed by atoms with Crippen LogP contribution in [0.25, 0.3) is 11.1 Å². The number of carbonyl (C=O) groups is 1. The number of hydrogen-bond acceptors (Lipinski definition) is 3. The maximum Gasteiger partial charge on any atom is 0.228 e. The molecule has 27 heavy (non-hydrogen) atoms. The standard InChI is InChI=1S/C23H30N2O2/c1-17(2)15-25-14-6-7-19(16-25)23(26)24-22-9-5-4-8-21(22)18-10-12-20(27-3)13-11-18/h4-5,8-13,17,19H,6-7,14-16H2,1-3H3,(H,24,26)/t19-/m1/s1. The molecule has 0 radical (unpaired) electrons. The Morgan fingerprint density at radius 2 is 1.93 bits per heavy atom. The number of carbonyl (C=O) groups excluding carboxylic acids is 1. The number of hydrogen-bond donors (Lipinski definition) is 1. The Bertz CT molecular complexity index is 755. The van der Waals surface area contributed by atoms with Crippen molar-refractivity contribution in [2.45, 2.75) is 26.7 Å². The van der Waals surface area contributed by atoms with Crippen LogP contribution in [0.4, 0.5) is 5.69 Å². The number of nitrogens with one attached hydrogen (secondary N) is 1. The maximum absolute atomic E-state index is 12.9. The lowest BCUT2D eigenvalue weighted by Crippen LogP contribution is -2.42. The zero-order valence-electron chi connectivity index (χ0n) is 16.6. The molecule has 1 fully saturated rings. The van der Waals surface area contributed by atoms with E-state index in [1.807, 2.05) is 48.5 Å². The molecule has 144 valence electrons. The van der Waals surface area contributed by atoms with Crippen molar-refractivity contribution in [3.63, 3.8) is 0 Å². The highest BCUT2D eigenvalue weighted by Gasteiger charge is 2.26. The molecule has 1 aliphatic heterocycles. The topological polar surface area (TPSA) is 41.6 Å². The van der Waals surface area contributed by atoms with E-state index in [0.717, 1.165) is 55.0 Å². The van der Waals surface area contributed by atoms with Gasteiger partial charge in [0.1, 0.15) is 5.75 Å². The third-order valence-corrected chi connectivity index (χ3v) is 5.09. The Hall–Kier alpha value is -2.33. The summed E-state index contributed by atoms with van der Waals surface area (Å²) >= 11 is 0. The van der Waals surface area contributed by atoms with E-state index in [1.54, 1.807) is 7.11 Å². The number of rotatable bonds is 6. The molecule has 0 bridgehead atoms. The summed E-state index contributed by atoms with van der Waals surface area (Å²) in [5.41, 5.74) is 2.97. The van der Waals surface area contributed by atoms with Crippen LogP contribution in [0.15, 0.2) is 48.5 Å². The minimum atomic E-state index is 0.0569. The molecule has 1 N–H and O–H groups in total. The molecule has 1 saturated heterocycles. The summed E-state index contributed by atoms with van der Waals surface area (Å²) < 4.78 is 5.24. The van der Waals surface area contributed by atoms with E-state index < -0.39 is 0 Å². The van der Waals surface area contributed by atoms with E-state index in [2.05, 4.69) is 24.1 Å². The maximum atomic E-state index is 12.9. The summed E-state index contributed by atoms with van der Waals surface area (Å²) in [4.78, 5) is 15.3. The number of nitrogens with zero attached hydrogens (tertiary/aromatic N) is 1. The fraction of sp³-hybridized carbons (Fsp3) is 0.435. The fourth-order valence-electron chi connectivity index (χ4n) is 3.80. The van der Waals surface area contributed by atoms with Gasteiger partial charge in [-0.25, -0.2) is 0 Å². The van der Waals surface area contributed by atoms with Gasteiger partial charge in [0.25, 0.3) is 0 Å². The third-order valence-electron chi connectivity index (χ3n) is 5.09. The van der Waals surface area contributed by atoms with Crippen LogP contribution in [0, 0.1) is 11.8 Å². The second-order valence-electron chi connectivity index (χ2n) is 7.76. The lowest BCUT2D eigenvalue weighted by molar-refractivity contribution is -0.121. The molecule has 2 aromatic rings. The number of benzene rings is 2. The van der Waals surface area contributed by atoms with Crippen LogP contribution in [0.5, 0.6) is 5.75 Å². The minimum absolute atomic E-state index is 0.0569. The zero-order valence-corrected chi connectivity index (χ0v) is 16.6. The van der Waals surface area contributed by atoms with Crippen LogP contribution in [0.1, 0.15) is 26.7 Å². The van der Waals surface area contributed by atoms with E-state index in [-0.39, 0.29) is 11.8 Å². The average molecular weight is 367 g/mol. The molecule has 0 spiro atoms. The Morgan fingerprint density at radius 3 is 2.63 bits per heavy atom. The number of methoxy groups -OCH3 is 1. The second-order valence-corrected chi connectivity index (χ2v) is 7.76. The molecular formula is C23H30N2O2. The number of anilines is 1. The summed E-state index contributed by atoms with van der Waals surface area (Å²) in [6.45, 7) is 7.48. The monoisotopic (exact) mass is 366 g/mol. The molecule has 4 heteroatoms. The lowest BCUT2D eigenvalue weighted by Gasteiger charge is -2.33. The van der Waals surface area contributed by atoms with Crippen molar-refractivity contribution in [3.05, 3.63) is 48.5 Å². The molecule has 1 atom stereocenters. The van der Waals surface area contributed by atoms with Gasteiger partial charge in [-0.2, -0.15) is 0 Å². The number of ether oxygens (including phenoxy) is 1. The fourth-order valence-corrected chi connectivity index (χ4v) is 3.80. The Balaban J connectivity index is 1.72. The summed E-state index contributed by atoms with van der Waals surface area (Å²) in [7, 11) is 1.66. The van der Waals surface area contributed by atoms with Crippen molar-refractivity contribution < 1.29 is 9.53 Å². The van der Waals surface area contributed by atoms with Crippen LogP contribution >= 0.6 is 0 Å². The Morgan fingerprint density at radius 1 is 1.19 bits per heavy atom. The van der Waals surface area contributed by atoms with Crippen molar-refractivity contribution in [2.24, 2.45) is 11.8 Å². The van der Waals surface area contributed by atoms with Gasteiger partial charge in [0.2, 0.25) is 5.91 Å². The highest BCUT2D eigenvalue weighted by Crippen LogP contribution is 2.30. The number of amides is 1. The van der Waals surface area contributed by atoms with Gasteiger partial charge >= 0.3 is 0 Å². The Kier molecular flexibility index (Phi) is 6.51. The molecule has 4 nitrogen and oxygen atoms in total. The van der Waals surface area contributed by atoms with E-state index in [1.165, 1.54) is 0 Å². The first kappa shape index (κ1) is 19.4. The zero-order chi connectivity index (χ0) is 19.2. The molecule has 1 amide bonds. The molecule has 0 aromatic heterocycles. The van der Waals surface area contributed by atoms with Gasteiger partial charge in [-0.3, -0.25) is 4.79 Å². The van der Waals surface area contributed by atoms with E-state index in [9.17, 15) is 4.79 Å². The highest BCUT2D eigenvalue weighted by atomic mass is 16.5. The van der Waals surface area contributed by atoms with Crippen LogP contribution < -0.4 is 10.1 Å². The molecule has 2 aromatic carbocycles. The molecule has 1 heterocycles. The molecular weight excluding hydrogens is 336 g/mol. The van der Waals surface area contributed by atoms with Gasteiger partial charge in [-0.15, -0.1) is 0 Å². The van der Waals surface area contributed by atoms with Crippen molar-refractivity contribution >= 4 is 11.6 Å². The third kappa shape index (κ3) is 5.10. The SMILES string of the molecule is COc1ccc(-c2ccccc2NC(=O)[C@@H]2CCCN(CC(C)C)C2)cc1. The average Bonchev–Trinajstić information content (AvgIpc) is 2.68. The van der Waals surface area contributed by atoms with E-state index >= 15 is 0 Å². The summed E-state index contributed by atoms with van der Waals surface area (Å²) in [6.07, 6.45) is 2.05. The smallest absolute Gasteiger partial charge is 0.228 e. The first-order chi connectivity index (χ1) is 13.1. The Labute approximate surface area is 162 Å². The van der Waals surface area contributed by atoms with Crippen LogP contribution in [-0.4, -0.2) is 37.6 Å². The predicted molar refractivity (Wildman–Crippen MR) is 111 cm³/mol. The molecule has 3 rings (SSSR count). The van der Waals surface area contributed by atoms with Crippen molar-refractivity contribution in [2.75, 3.05) is 32.1 Å². The van der Waals surface area contributed by atoms with Crippen molar-refractivity contribution in [1.29, 1.82) is 0 Å². The van der Waals surface area contributed by atoms with Gasteiger partial charge in [-0.05, 0) is 49.1 Å². The lowest BCUT2D eigenvalue weighted by atomic mass is 9.95. The first-order valence-corrected chi connectivity index (χ1v) is 9.83. The highest BCUT2D eigenvalue weighted by molar-refractivity contribution is 5.97. The molecule has 1 aliphatic rings. The summed E-state index contributed by atoms with van der Waals surface area (Å²) in [6, 6.07) is 15.9. The van der Waals surface area contributed by atoms with Gasteiger partial charge < -0.3 is 15.0 Å². The van der Waals surface area contributed by atoms with Gasteiger partial charge in [-0.1, -0.05) is 44.2 Å². The number of piperidine rings is 1. The van der Waals surface area contributed by atoms with Gasteiger partial charge in [0.05, 0.1) is 13.0 Å². The summed E-state index contributed by atoms with van der Waals surface area (Å²) in [5.74, 6) is 1.64. The second kappa shape index (κ2) is 9.05. The van der Waals surface area contributed by atoms with E-state index in [4.69, 9.17) is 4.74 Å². The predicted octanol–water partition coefficient (Wildman–Crippen LogP) is 4.67. The van der Waals surface area contributed by atoms with Crippen LogP contribution in [-0.2, 0) is 4.79 Å². The molecule has 0 aliphatic carbocycles. The van der Waals surface area contributed by atoms with E-state index in [0.29, 0.717) is 5.92 Å². The van der Waals surface area contributed by atoms with Gasteiger partial charge in [0.15, 0.2) is 0 Å². The normalized spacial score (nSPS) is 17.7. The number of para-hydroxylation sites is 1. The van der Waals surface area contributed by atoms with Crippen LogP contribution in [0.2, 0.25) is 0 Å². The molecule has 0 unspecified atom stereocenters. The van der Waals surface area contributed by atoms with Gasteiger partial charge in [0, 0.05) is 24.3 Å². The summed E-state index contributed by atoms with van der Waals surface area (Å²) in [5, 5.41) is 3.18. The number of likely N-dealkylation sites (tertiary alicyclic amines) is 1. The first-order valence-electron chi connectivity index (χ1n) is 9.83. The minimum Gasteiger partial charge on any atom is -0.497 e. The molecule has 0 saturated carbocycles.